The predicted octanol–water partition coefficient (Wildman–Crippen LogP) is 1.94. The average Bonchev–Trinajstić information content (AvgIpc) is 3.04. The van der Waals surface area contributed by atoms with Crippen molar-refractivity contribution in [2.24, 2.45) is 0 Å². The number of ether oxygens (including phenoxy) is 3. The first kappa shape index (κ1) is 16.8. The van der Waals surface area contributed by atoms with Crippen molar-refractivity contribution in [2.75, 3.05) is 33.5 Å². The maximum absolute atomic E-state index is 11.8. The zero-order valence-electron chi connectivity index (χ0n) is 13.2. The smallest absolute Gasteiger partial charge is 0.224 e. The van der Waals surface area contributed by atoms with Crippen LogP contribution in [0.4, 0.5) is 0 Å². The second kappa shape index (κ2) is 9.43. The van der Waals surface area contributed by atoms with Crippen LogP contribution in [0.2, 0.25) is 0 Å². The molecule has 1 aliphatic rings. The second-order valence-electron chi connectivity index (χ2n) is 5.44. The molecule has 1 unspecified atom stereocenters. The fourth-order valence-corrected chi connectivity index (χ4v) is 2.42. The van der Waals surface area contributed by atoms with Crippen molar-refractivity contribution < 1.29 is 19.0 Å². The van der Waals surface area contributed by atoms with Gasteiger partial charge in [0.1, 0.15) is 5.75 Å². The summed E-state index contributed by atoms with van der Waals surface area (Å²) in [5.74, 6) is 0.792. The van der Waals surface area contributed by atoms with Crippen molar-refractivity contribution in [3.8, 4) is 5.75 Å². The van der Waals surface area contributed by atoms with Crippen molar-refractivity contribution in [1.82, 2.24) is 5.32 Å². The first-order valence-electron chi connectivity index (χ1n) is 7.87. The van der Waals surface area contributed by atoms with Crippen molar-refractivity contribution in [1.29, 1.82) is 0 Å². The zero-order chi connectivity index (χ0) is 15.6. The molecule has 1 heterocycles. The number of rotatable bonds is 9. The van der Waals surface area contributed by atoms with Gasteiger partial charge in [0.05, 0.1) is 26.2 Å². The van der Waals surface area contributed by atoms with Gasteiger partial charge in [-0.2, -0.15) is 0 Å². The molecule has 1 aromatic rings. The molecule has 0 radical (unpaired) electrons. The van der Waals surface area contributed by atoms with Gasteiger partial charge in [0.15, 0.2) is 0 Å². The van der Waals surface area contributed by atoms with E-state index in [0.29, 0.717) is 26.2 Å². The van der Waals surface area contributed by atoms with Gasteiger partial charge in [-0.25, -0.2) is 0 Å². The van der Waals surface area contributed by atoms with Gasteiger partial charge in [-0.1, -0.05) is 12.1 Å². The third-order valence-corrected chi connectivity index (χ3v) is 3.61. The Bertz CT molecular complexity index is 458. The molecule has 22 heavy (non-hydrogen) atoms. The van der Waals surface area contributed by atoms with E-state index in [1.165, 1.54) is 0 Å². The van der Waals surface area contributed by atoms with E-state index in [9.17, 15) is 4.79 Å². The number of carbonyl (C=O) groups excluding carboxylic acids is 1. The maximum Gasteiger partial charge on any atom is 0.224 e. The largest absolute Gasteiger partial charge is 0.497 e. The summed E-state index contributed by atoms with van der Waals surface area (Å²) in [6, 6.07) is 7.56. The molecule has 0 bridgehead atoms. The van der Waals surface area contributed by atoms with Crippen LogP contribution < -0.4 is 10.1 Å². The van der Waals surface area contributed by atoms with Crippen LogP contribution in [0, 0.1) is 0 Å². The highest BCUT2D eigenvalue weighted by atomic mass is 16.5. The van der Waals surface area contributed by atoms with E-state index in [2.05, 4.69) is 5.32 Å². The highest BCUT2D eigenvalue weighted by Crippen LogP contribution is 2.13. The second-order valence-corrected chi connectivity index (χ2v) is 5.44. The molecule has 0 spiro atoms. The van der Waals surface area contributed by atoms with Crippen LogP contribution in [-0.2, 0) is 20.7 Å². The summed E-state index contributed by atoms with van der Waals surface area (Å²) in [4.78, 5) is 11.8. The number of benzene rings is 1. The Kier molecular flexibility index (Phi) is 7.19. The third kappa shape index (κ3) is 6.03. The summed E-state index contributed by atoms with van der Waals surface area (Å²) >= 11 is 0. The quantitative estimate of drug-likeness (QED) is 0.708. The highest BCUT2D eigenvalue weighted by Gasteiger charge is 2.14. The summed E-state index contributed by atoms with van der Waals surface area (Å²) in [6.45, 7) is 2.81. The Balaban J connectivity index is 1.53. The molecular formula is C17H25NO4. The number of carbonyl (C=O) groups is 1. The highest BCUT2D eigenvalue weighted by molar-refractivity contribution is 5.78. The van der Waals surface area contributed by atoms with Gasteiger partial charge in [-0.3, -0.25) is 4.79 Å². The summed E-state index contributed by atoms with van der Waals surface area (Å²) in [5, 5.41) is 2.91. The fraction of sp³-hybridized carbons (Fsp3) is 0.588. The van der Waals surface area contributed by atoms with Crippen LogP contribution >= 0.6 is 0 Å². The summed E-state index contributed by atoms with van der Waals surface area (Å²) in [7, 11) is 1.62. The van der Waals surface area contributed by atoms with Crippen molar-refractivity contribution in [3.05, 3.63) is 29.8 Å². The Labute approximate surface area is 131 Å². The van der Waals surface area contributed by atoms with Gasteiger partial charge in [-0.05, 0) is 37.0 Å². The van der Waals surface area contributed by atoms with E-state index in [-0.39, 0.29) is 12.0 Å². The lowest BCUT2D eigenvalue weighted by Gasteiger charge is -2.10. The molecule has 5 nitrogen and oxygen atoms in total. The lowest BCUT2D eigenvalue weighted by Crippen LogP contribution is -2.27. The van der Waals surface area contributed by atoms with Crippen LogP contribution in [0.5, 0.6) is 5.75 Å². The first-order chi connectivity index (χ1) is 10.8. The standard InChI is InChI=1S/C17H25NO4/c1-20-15-6-2-5-14(11-15)12-17(19)18-8-4-9-21-13-16-7-3-10-22-16/h2,5-6,11,16H,3-4,7-10,12-13H2,1H3,(H,18,19). The molecule has 1 atom stereocenters. The average molecular weight is 307 g/mol. The van der Waals surface area contributed by atoms with E-state index in [1.807, 2.05) is 24.3 Å². The number of hydrogen-bond acceptors (Lipinski definition) is 4. The summed E-state index contributed by atoms with van der Waals surface area (Å²) in [5.41, 5.74) is 0.950. The Hall–Kier alpha value is -1.59. The molecular weight excluding hydrogens is 282 g/mol. The molecule has 1 saturated heterocycles. The summed E-state index contributed by atoms with van der Waals surface area (Å²) < 4.78 is 16.2. The minimum atomic E-state index is 0.0207. The molecule has 1 aliphatic heterocycles. The van der Waals surface area contributed by atoms with Gasteiger partial charge in [0.2, 0.25) is 5.91 Å². The SMILES string of the molecule is COc1cccc(CC(=O)NCCCOCC2CCCO2)c1. The lowest BCUT2D eigenvalue weighted by molar-refractivity contribution is -0.120. The minimum Gasteiger partial charge on any atom is -0.497 e. The van der Waals surface area contributed by atoms with E-state index in [1.54, 1.807) is 7.11 Å². The molecule has 0 saturated carbocycles. The molecule has 5 heteroatoms. The molecule has 1 fully saturated rings. The van der Waals surface area contributed by atoms with Gasteiger partial charge in [-0.15, -0.1) is 0 Å². The Morgan fingerprint density at radius 1 is 1.45 bits per heavy atom. The number of methoxy groups -OCH3 is 1. The van der Waals surface area contributed by atoms with E-state index in [4.69, 9.17) is 14.2 Å². The normalized spacial score (nSPS) is 17.4. The minimum absolute atomic E-state index is 0.0207. The topological polar surface area (TPSA) is 56.8 Å². The van der Waals surface area contributed by atoms with Gasteiger partial charge < -0.3 is 19.5 Å². The first-order valence-corrected chi connectivity index (χ1v) is 7.87. The lowest BCUT2D eigenvalue weighted by atomic mass is 10.1. The number of nitrogens with one attached hydrogen (secondary N) is 1. The van der Waals surface area contributed by atoms with Crippen molar-refractivity contribution in [2.45, 2.75) is 31.8 Å². The molecule has 122 valence electrons. The van der Waals surface area contributed by atoms with Crippen LogP contribution in [-0.4, -0.2) is 45.5 Å². The third-order valence-electron chi connectivity index (χ3n) is 3.61. The van der Waals surface area contributed by atoms with Crippen LogP contribution in [0.3, 0.4) is 0 Å². The van der Waals surface area contributed by atoms with E-state index < -0.39 is 0 Å². The van der Waals surface area contributed by atoms with Gasteiger partial charge in [0, 0.05) is 19.8 Å². The molecule has 0 aromatic heterocycles. The van der Waals surface area contributed by atoms with Crippen molar-refractivity contribution in [3.63, 3.8) is 0 Å². The van der Waals surface area contributed by atoms with E-state index in [0.717, 1.165) is 37.2 Å². The maximum atomic E-state index is 11.8. The van der Waals surface area contributed by atoms with Gasteiger partial charge in [0.25, 0.3) is 0 Å². The van der Waals surface area contributed by atoms with Gasteiger partial charge >= 0.3 is 0 Å². The van der Waals surface area contributed by atoms with Crippen LogP contribution in [0.1, 0.15) is 24.8 Å². The molecule has 1 aromatic carbocycles. The van der Waals surface area contributed by atoms with Crippen LogP contribution in [0.15, 0.2) is 24.3 Å². The summed E-state index contributed by atoms with van der Waals surface area (Å²) in [6.07, 6.45) is 3.68. The van der Waals surface area contributed by atoms with Crippen LogP contribution in [0.25, 0.3) is 0 Å². The van der Waals surface area contributed by atoms with Crippen molar-refractivity contribution >= 4 is 5.91 Å². The molecule has 0 aliphatic carbocycles. The predicted molar refractivity (Wildman–Crippen MR) is 84.1 cm³/mol. The monoisotopic (exact) mass is 307 g/mol. The molecule has 1 amide bonds. The number of hydrogen-bond donors (Lipinski definition) is 1. The Morgan fingerprint density at radius 3 is 3.14 bits per heavy atom. The fourth-order valence-electron chi connectivity index (χ4n) is 2.42. The zero-order valence-corrected chi connectivity index (χ0v) is 13.2. The molecule has 2 rings (SSSR count). The Morgan fingerprint density at radius 2 is 2.36 bits per heavy atom. The molecule has 1 N–H and O–H groups in total. The van der Waals surface area contributed by atoms with E-state index >= 15 is 0 Å². The number of amides is 1.